The molecule has 2 N–H and O–H groups in total. The van der Waals surface area contributed by atoms with Crippen molar-refractivity contribution in [1.82, 2.24) is 5.32 Å². The van der Waals surface area contributed by atoms with E-state index in [4.69, 9.17) is 9.84 Å². The number of hydrogen-bond donors (Lipinski definition) is 2. The largest absolute Gasteiger partial charge is 0.480 e. The van der Waals surface area contributed by atoms with Crippen molar-refractivity contribution in [1.29, 1.82) is 0 Å². The SMILES string of the molecule is O=C(O)C1COC(c2cc(Br)ccc2F)CN1. The Hall–Kier alpha value is -0.980. The third kappa shape index (κ3) is 2.83. The first kappa shape index (κ1) is 12.5. The van der Waals surface area contributed by atoms with Gasteiger partial charge in [-0.25, -0.2) is 4.39 Å². The maximum atomic E-state index is 13.6. The number of hydrogen-bond acceptors (Lipinski definition) is 3. The minimum Gasteiger partial charge on any atom is -0.480 e. The average Bonchev–Trinajstić information content (AvgIpc) is 2.32. The van der Waals surface area contributed by atoms with Crippen molar-refractivity contribution in [2.45, 2.75) is 12.1 Å². The summed E-state index contributed by atoms with van der Waals surface area (Å²) in [6.07, 6.45) is -0.455. The van der Waals surface area contributed by atoms with Crippen LogP contribution in [-0.2, 0) is 9.53 Å². The molecule has 1 heterocycles. The molecule has 0 amide bonds. The monoisotopic (exact) mass is 303 g/mol. The second-order valence-corrected chi connectivity index (χ2v) is 4.70. The first-order chi connectivity index (χ1) is 8.08. The van der Waals surface area contributed by atoms with Gasteiger partial charge in [-0.2, -0.15) is 0 Å². The van der Waals surface area contributed by atoms with Crippen LogP contribution < -0.4 is 5.32 Å². The maximum absolute atomic E-state index is 13.6. The summed E-state index contributed by atoms with van der Waals surface area (Å²) in [7, 11) is 0. The van der Waals surface area contributed by atoms with Gasteiger partial charge in [-0.15, -0.1) is 0 Å². The summed E-state index contributed by atoms with van der Waals surface area (Å²) in [5.41, 5.74) is 0.427. The van der Waals surface area contributed by atoms with Crippen molar-refractivity contribution in [3.05, 3.63) is 34.1 Å². The molecule has 1 aromatic carbocycles. The van der Waals surface area contributed by atoms with Gasteiger partial charge in [-0.3, -0.25) is 10.1 Å². The van der Waals surface area contributed by atoms with Crippen LogP contribution in [-0.4, -0.2) is 30.3 Å². The summed E-state index contributed by atoms with van der Waals surface area (Å²) >= 11 is 3.26. The zero-order valence-corrected chi connectivity index (χ0v) is 10.4. The van der Waals surface area contributed by atoms with E-state index >= 15 is 0 Å². The van der Waals surface area contributed by atoms with Crippen LogP contribution in [0.4, 0.5) is 4.39 Å². The molecule has 0 bridgehead atoms. The van der Waals surface area contributed by atoms with Gasteiger partial charge in [0, 0.05) is 16.6 Å². The summed E-state index contributed by atoms with van der Waals surface area (Å²) in [6, 6.07) is 3.88. The smallest absolute Gasteiger partial charge is 0.323 e. The first-order valence-corrected chi connectivity index (χ1v) is 5.90. The van der Waals surface area contributed by atoms with E-state index in [1.54, 1.807) is 12.1 Å². The molecule has 1 saturated heterocycles. The van der Waals surface area contributed by atoms with E-state index in [-0.39, 0.29) is 19.0 Å². The Morgan fingerprint density at radius 3 is 2.94 bits per heavy atom. The molecule has 1 aliphatic rings. The predicted octanol–water partition coefficient (Wildman–Crippen LogP) is 1.70. The molecule has 1 aliphatic heterocycles. The van der Waals surface area contributed by atoms with E-state index in [0.29, 0.717) is 5.56 Å². The quantitative estimate of drug-likeness (QED) is 0.873. The lowest BCUT2D eigenvalue weighted by atomic mass is 10.1. The van der Waals surface area contributed by atoms with Crippen molar-refractivity contribution < 1.29 is 19.0 Å². The molecule has 0 saturated carbocycles. The highest BCUT2D eigenvalue weighted by molar-refractivity contribution is 9.10. The fourth-order valence-corrected chi connectivity index (χ4v) is 2.08. The number of carboxylic acids is 1. The highest BCUT2D eigenvalue weighted by atomic mass is 79.9. The molecule has 17 heavy (non-hydrogen) atoms. The Labute approximate surface area is 106 Å². The molecule has 2 rings (SSSR count). The van der Waals surface area contributed by atoms with E-state index in [9.17, 15) is 9.18 Å². The molecule has 1 aromatic rings. The predicted molar refractivity (Wildman–Crippen MR) is 62.2 cm³/mol. The molecule has 2 atom stereocenters. The van der Waals surface area contributed by atoms with Gasteiger partial charge < -0.3 is 9.84 Å². The van der Waals surface area contributed by atoms with Gasteiger partial charge in [-0.1, -0.05) is 15.9 Å². The Balaban J connectivity index is 2.10. The van der Waals surface area contributed by atoms with Crippen molar-refractivity contribution in [2.24, 2.45) is 0 Å². The van der Waals surface area contributed by atoms with Gasteiger partial charge in [0.1, 0.15) is 11.9 Å². The summed E-state index contributed by atoms with van der Waals surface area (Å²) in [4.78, 5) is 10.7. The highest BCUT2D eigenvalue weighted by Gasteiger charge is 2.28. The summed E-state index contributed by atoms with van der Waals surface area (Å²) in [5.74, 6) is -1.31. The number of halogens is 2. The average molecular weight is 304 g/mol. The highest BCUT2D eigenvalue weighted by Crippen LogP contribution is 2.25. The van der Waals surface area contributed by atoms with Crippen molar-refractivity contribution in [2.75, 3.05) is 13.2 Å². The fraction of sp³-hybridized carbons (Fsp3) is 0.364. The van der Waals surface area contributed by atoms with Crippen molar-refractivity contribution >= 4 is 21.9 Å². The van der Waals surface area contributed by atoms with Crippen LogP contribution in [0.15, 0.2) is 22.7 Å². The number of benzene rings is 1. The topological polar surface area (TPSA) is 58.6 Å². The minimum atomic E-state index is -0.960. The van der Waals surface area contributed by atoms with Crippen LogP contribution >= 0.6 is 15.9 Å². The van der Waals surface area contributed by atoms with Gasteiger partial charge in [-0.05, 0) is 18.2 Å². The Morgan fingerprint density at radius 2 is 2.35 bits per heavy atom. The van der Waals surface area contributed by atoms with Gasteiger partial charge >= 0.3 is 5.97 Å². The molecular weight excluding hydrogens is 293 g/mol. The van der Waals surface area contributed by atoms with Crippen LogP contribution in [0.3, 0.4) is 0 Å². The van der Waals surface area contributed by atoms with E-state index in [1.165, 1.54) is 6.07 Å². The minimum absolute atomic E-state index is 0.0337. The number of ether oxygens (including phenoxy) is 1. The number of rotatable bonds is 2. The molecule has 0 aromatic heterocycles. The molecule has 0 radical (unpaired) electrons. The lowest BCUT2D eigenvalue weighted by Gasteiger charge is -2.28. The normalized spacial score (nSPS) is 24.6. The number of carbonyl (C=O) groups is 1. The number of morpholine rings is 1. The van der Waals surface area contributed by atoms with Crippen LogP contribution in [0, 0.1) is 5.82 Å². The van der Waals surface area contributed by atoms with Gasteiger partial charge in [0.25, 0.3) is 0 Å². The zero-order valence-electron chi connectivity index (χ0n) is 8.82. The molecule has 2 unspecified atom stereocenters. The summed E-state index contributed by atoms with van der Waals surface area (Å²) in [5, 5.41) is 11.6. The van der Waals surface area contributed by atoms with Gasteiger partial charge in [0.05, 0.1) is 12.7 Å². The molecule has 0 aliphatic carbocycles. The molecule has 1 fully saturated rings. The van der Waals surface area contributed by atoms with Crippen LogP contribution in [0.1, 0.15) is 11.7 Å². The van der Waals surface area contributed by atoms with Crippen LogP contribution in [0.25, 0.3) is 0 Å². The number of nitrogens with one attached hydrogen (secondary N) is 1. The Morgan fingerprint density at radius 1 is 1.59 bits per heavy atom. The Kier molecular flexibility index (Phi) is 3.76. The van der Waals surface area contributed by atoms with E-state index < -0.39 is 18.1 Å². The second-order valence-electron chi connectivity index (χ2n) is 3.79. The number of aliphatic carboxylic acids is 1. The van der Waals surface area contributed by atoms with E-state index in [2.05, 4.69) is 21.2 Å². The molecular formula is C11H11BrFNO3. The van der Waals surface area contributed by atoms with Gasteiger partial charge in [0.15, 0.2) is 0 Å². The van der Waals surface area contributed by atoms with Gasteiger partial charge in [0.2, 0.25) is 0 Å². The van der Waals surface area contributed by atoms with Crippen molar-refractivity contribution in [3.8, 4) is 0 Å². The number of carboxylic acid groups (broad SMARTS) is 1. The second kappa shape index (κ2) is 5.12. The molecule has 6 heteroatoms. The maximum Gasteiger partial charge on any atom is 0.323 e. The lowest BCUT2D eigenvalue weighted by Crippen LogP contribution is -2.47. The van der Waals surface area contributed by atoms with Crippen LogP contribution in [0.5, 0.6) is 0 Å². The molecule has 92 valence electrons. The van der Waals surface area contributed by atoms with Crippen LogP contribution in [0.2, 0.25) is 0 Å². The third-order valence-corrected chi connectivity index (χ3v) is 3.11. The summed E-state index contributed by atoms with van der Waals surface area (Å²) < 4.78 is 19.7. The molecule has 0 spiro atoms. The fourth-order valence-electron chi connectivity index (χ4n) is 1.70. The molecule has 4 nitrogen and oxygen atoms in total. The Bertz CT molecular complexity index is 433. The summed E-state index contributed by atoms with van der Waals surface area (Å²) in [6.45, 7) is 0.316. The third-order valence-electron chi connectivity index (χ3n) is 2.62. The zero-order chi connectivity index (χ0) is 12.4. The lowest BCUT2D eigenvalue weighted by molar-refractivity contribution is -0.144. The standard InChI is InChI=1S/C11H11BrFNO3/c12-6-1-2-8(13)7(3-6)10-4-14-9(5-17-10)11(15)16/h1-3,9-10,14H,4-5H2,(H,15,16). The first-order valence-electron chi connectivity index (χ1n) is 5.10. The van der Waals surface area contributed by atoms with E-state index in [1.807, 2.05) is 0 Å². The van der Waals surface area contributed by atoms with E-state index in [0.717, 1.165) is 4.47 Å². The van der Waals surface area contributed by atoms with Crippen molar-refractivity contribution in [3.63, 3.8) is 0 Å².